The quantitative estimate of drug-likeness (QED) is 0.663. The maximum atomic E-state index is 12.1. The Labute approximate surface area is 149 Å². The number of benzene rings is 2. The number of hydrogen-bond donors (Lipinski definition) is 3. The number of rotatable bonds is 4. The van der Waals surface area contributed by atoms with Gasteiger partial charge in [0.05, 0.1) is 5.69 Å². The predicted octanol–water partition coefficient (Wildman–Crippen LogP) is 4.07. The zero-order valence-electron chi connectivity index (χ0n) is 13.7. The Hall–Kier alpha value is -3.54. The molecular weight excluding hydrogens is 332 g/mol. The van der Waals surface area contributed by atoms with Gasteiger partial charge in [-0.25, -0.2) is 9.59 Å². The Balaban J connectivity index is 1.47. The largest absolute Gasteiger partial charge is 0.477 e. The van der Waals surface area contributed by atoms with Crippen LogP contribution < -0.4 is 5.32 Å². The van der Waals surface area contributed by atoms with Crippen LogP contribution in [0.1, 0.15) is 27.5 Å². The van der Waals surface area contributed by atoms with Crippen molar-refractivity contribution in [3.8, 4) is 11.1 Å². The van der Waals surface area contributed by atoms with E-state index >= 15 is 0 Å². The van der Waals surface area contributed by atoms with Crippen LogP contribution in [0.25, 0.3) is 11.1 Å². The highest BCUT2D eigenvalue weighted by Crippen LogP contribution is 2.44. The van der Waals surface area contributed by atoms with E-state index in [0.717, 1.165) is 22.3 Å². The molecular formula is C20H16N2O4. The second-order valence-corrected chi connectivity index (χ2v) is 6.06. The summed E-state index contributed by atoms with van der Waals surface area (Å²) >= 11 is 0. The summed E-state index contributed by atoms with van der Waals surface area (Å²) in [6.45, 7) is 0.204. The Morgan fingerprint density at radius 1 is 1.04 bits per heavy atom. The van der Waals surface area contributed by atoms with Crippen LogP contribution in [-0.4, -0.2) is 28.8 Å². The highest BCUT2D eigenvalue weighted by molar-refractivity contribution is 5.90. The van der Waals surface area contributed by atoms with Crippen molar-refractivity contribution in [3.63, 3.8) is 0 Å². The lowest BCUT2D eigenvalue weighted by Gasteiger charge is -2.14. The zero-order chi connectivity index (χ0) is 18.1. The molecule has 3 aromatic rings. The topological polar surface area (TPSA) is 91.4 Å². The first kappa shape index (κ1) is 16.0. The van der Waals surface area contributed by atoms with Gasteiger partial charge in [-0.1, -0.05) is 48.5 Å². The first-order chi connectivity index (χ1) is 12.6. The molecule has 2 aromatic carbocycles. The number of fused-ring (bicyclic) bond motifs is 3. The lowest BCUT2D eigenvalue weighted by atomic mass is 9.98. The van der Waals surface area contributed by atoms with Crippen LogP contribution in [-0.2, 0) is 4.74 Å². The third kappa shape index (κ3) is 2.82. The summed E-state index contributed by atoms with van der Waals surface area (Å²) in [5.41, 5.74) is 4.94. The molecule has 1 aromatic heterocycles. The third-order valence-electron chi connectivity index (χ3n) is 4.50. The summed E-state index contributed by atoms with van der Waals surface area (Å²) in [5, 5.41) is 11.4. The minimum absolute atomic E-state index is 0.000974. The molecule has 0 saturated carbocycles. The molecule has 130 valence electrons. The summed E-state index contributed by atoms with van der Waals surface area (Å²) in [5.74, 6) is -1.11. The Morgan fingerprint density at radius 3 is 2.23 bits per heavy atom. The third-order valence-corrected chi connectivity index (χ3v) is 4.50. The van der Waals surface area contributed by atoms with E-state index < -0.39 is 12.1 Å². The van der Waals surface area contributed by atoms with Crippen LogP contribution in [0.4, 0.5) is 10.5 Å². The zero-order valence-corrected chi connectivity index (χ0v) is 13.7. The van der Waals surface area contributed by atoms with Crippen molar-refractivity contribution in [2.45, 2.75) is 5.92 Å². The van der Waals surface area contributed by atoms with Crippen molar-refractivity contribution < 1.29 is 19.4 Å². The molecule has 26 heavy (non-hydrogen) atoms. The van der Waals surface area contributed by atoms with Gasteiger partial charge in [0.2, 0.25) is 0 Å². The van der Waals surface area contributed by atoms with E-state index in [-0.39, 0.29) is 18.2 Å². The van der Waals surface area contributed by atoms with Crippen LogP contribution >= 0.6 is 0 Å². The summed E-state index contributed by atoms with van der Waals surface area (Å²) in [6, 6.07) is 17.5. The van der Waals surface area contributed by atoms with Crippen molar-refractivity contribution in [1.82, 2.24) is 4.98 Å². The van der Waals surface area contributed by atoms with Gasteiger partial charge in [-0.2, -0.15) is 0 Å². The highest BCUT2D eigenvalue weighted by Gasteiger charge is 2.29. The molecule has 3 N–H and O–H groups in total. The lowest BCUT2D eigenvalue weighted by Crippen LogP contribution is -2.17. The van der Waals surface area contributed by atoms with Crippen molar-refractivity contribution >= 4 is 17.7 Å². The maximum absolute atomic E-state index is 12.1. The molecule has 0 aliphatic heterocycles. The average molecular weight is 348 g/mol. The number of ether oxygens (including phenoxy) is 1. The smallest absolute Gasteiger partial charge is 0.411 e. The molecule has 1 heterocycles. The van der Waals surface area contributed by atoms with Gasteiger partial charge in [-0.3, -0.25) is 5.32 Å². The number of aromatic nitrogens is 1. The molecule has 0 spiro atoms. The molecule has 0 atom stereocenters. The summed E-state index contributed by atoms with van der Waals surface area (Å²) in [7, 11) is 0. The van der Waals surface area contributed by atoms with Gasteiger partial charge in [0.15, 0.2) is 0 Å². The second kappa shape index (κ2) is 6.40. The number of anilines is 1. The van der Waals surface area contributed by atoms with Crippen molar-refractivity contribution in [3.05, 3.63) is 77.6 Å². The fraction of sp³-hybridized carbons (Fsp3) is 0.100. The Morgan fingerprint density at radius 2 is 1.65 bits per heavy atom. The van der Waals surface area contributed by atoms with Gasteiger partial charge in [-0.05, 0) is 28.3 Å². The molecule has 1 aliphatic carbocycles. The second-order valence-electron chi connectivity index (χ2n) is 6.06. The fourth-order valence-corrected chi connectivity index (χ4v) is 3.34. The first-order valence-corrected chi connectivity index (χ1v) is 8.17. The molecule has 0 saturated heterocycles. The first-order valence-electron chi connectivity index (χ1n) is 8.17. The van der Waals surface area contributed by atoms with Crippen LogP contribution in [0.15, 0.2) is 60.8 Å². The van der Waals surface area contributed by atoms with Gasteiger partial charge in [-0.15, -0.1) is 0 Å². The van der Waals surface area contributed by atoms with E-state index in [1.165, 1.54) is 12.3 Å². The number of amides is 1. The van der Waals surface area contributed by atoms with E-state index in [1.54, 1.807) is 0 Å². The number of nitrogens with one attached hydrogen (secondary N) is 2. The number of carbonyl (C=O) groups is 2. The molecule has 0 fully saturated rings. The van der Waals surface area contributed by atoms with E-state index in [0.29, 0.717) is 5.69 Å². The van der Waals surface area contributed by atoms with Crippen molar-refractivity contribution in [2.75, 3.05) is 11.9 Å². The molecule has 0 radical (unpaired) electrons. The van der Waals surface area contributed by atoms with Gasteiger partial charge in [0.1, 0.15) is 12.3 Å². The summed E-state index contributed by atoms with van der Waals surface area (Å²) in [4.78, 5) is 25.5. The monoisotopic (exact) mass is 348 g/mol. The van der Waals surface area contributed by atoms with Gasteiger partial charge < -0.3 is 14.8 Å². The average Bonchev–Trinajstić information content (AvgIpc) is 3.23. The SMILES string of the molecule is O=C(Nc1c[nH]c(C(=O)O)c1)OCC1c2ccccc2-c2ccccc21. The number of carboxylic acids is 1. The number of aromatic amines is 1. The predicted molar refractivity (Wildman–Crippen MR) is 96.4 cm³/mol. The van der Waals surface area contributed by atoms with Crippen LogP contribution in [0.3, 0.4) is 0 Å². The number of hydrogen-bond acceptors (Lipinski definition) is 3. The summed E-state index contributed by atoms with van der Waals surface area (Å²) in [6.07, 6.45) is 0.785. The normalized spacial score (nSPS) is 12.3. The molecule has 6 heteroatoms. The van der Waals surface area contributed by atoms with Gasteiger partial charge >= 0.3 is 12.1 Å². The van der Waals surface area contributed by atoms with E-state index in [4.69, 9.17) is 9.84 Å². The van der Waals surface area contributed by atoms with E-state index in [9.17, 15) is 9.59 Å². The van der Waals surface area contributed by atoms with Gasteiger partial charge in [0, 0.05) is 12.1 Å². The number of aromatic carboxylic acids is 1. The van der Waals surface area contributed by atoms with E-state index in [2.05, 4.69) is 22.4 Å². The Kier molecular flexibility index (Phi) is 3.93. The minimum atomic E-state index is -1.09. The van der Waals surface area contributed by atoms with Crippen molar-refractivity contribution in [2.24, 2.45) is 0 Å². The van der Waals surface area contributed by atoms with E-state index in [1.807, 2.05) is 36.4 Å². The number of H-pyrrole nitrogens is 1. The number of carboxylic acid groups (broad SMARTS) is 1. The lowest BCUT2D eigenvalue weighted by molar-refractivity contribution is 0.0691. The fourth-order valence-electron chi connectivity index (χ4n) is 3.34. The van der Waals surface area contributed by atoms with Crippen LogP contribution in [0, 0.1) is 0 Å². The van der Waals surface area contributed by atoms with Crippen LogP contribution in [0.5, 0.6) is 0 Å². The highest BCUT2D eigenvalue weighted by atomic mass is 16.5. The van der Waals surface area contributed by atoms with Gasteiger partial charge in [0.25, 0.3) is 0 Å². The molecule has 1 aliphatic rings. The maximum Gasteiger partial charge on any atom is 0.411 e. The minimum Gasteiger partial charge on any atom is -0.477 e. The molecule has 1 amide bonds. The van der Waals surface area contributed by atoms with Crippen LogP contribution in [0.2, 0.25) is 0 Å². The molecule has 6 nitrogen and oxygen atoms in total. The Bertz CT molecular complexity index is 947. The molecule has 4 rings (SSSR count). The molecule has 0 bridgehead atoms. The standard InChI is InChI=1S/C20H16N2O4/c23-19(24)18-9-12(10-21-18)22-20(25)26-11-17-15-7-3-1-5-13(15)14-6-2-4-8-16(14)17/h1-10,17,21H,11H2,(H,22,25)(H,23,24). The summed E-state index contributed by atoms with van der Waals surface area (Å²) < 4.78 is 5.40. The molecule has 0 unspecified atom stereocenters. The number of carbonyl (C=O) groups excluding carboxylic acids is 1. The van der Waals surface area contributed by atoms with Crippen molar-refractivity contribution in [1.29, 1.82) is 0 Å².